The molecule has 0 aliphatic carbocycles. The van der Waals surface area contributed by atoms with Gasteiger partial charge in [0.1, 0.15) is 0 Å². The van der Waals surface area contributed by atoms with Crippen molar-refractivity contribution in [3.05, 3.63) is 60.7 Å². The predicted molar refractivity (Wildman–Crippen MR) is 52.8 cm³/mol. The van der Waals surface area contributed by atoms with Crippen LogP contribution >= 0.6 is 0 Å². The average molecular weight is 243 g/mol. The first kappa shape index (κ1) is 11.7. The monoisotopic (exact) mass is 243 g/mol. The van der Waals surface area contributed by atoms with Crippen molar-refractivity contribution in [3.8, 4) is 0 Å². The maximum Gasteiger partial charge on any atom is 1.20 e. The van der Waals surface area contributed by atoms with Crippen molar-refractivity contribution < 1.29 is 13.8 Å². The van der Waals surface area contributed by atoms with Crippen molar-refractivity contribution in [1.82, 2.24) is 0 Å². The molecule has 0 atom stereocenters. The number of rotatable bonds is 4. The number of hydrogen-bond acceptors (Lipinski definition) is 6. The molecule has 0 heterocycles. The lowest BCUT2D eigenvalue weighted by molar-refractivity contribution is -0.606. The van der Waals surface area contributed by atoms with Crippen LogP contribution in [0.5, 0.6) is 0 Å². The highest BCUT2D eigenvalue weighted by Crippen LogP contribution is 2.07. The van der Waals surface area contributed by atoms with Crippen LogP contribution in [-0.2, 0) is 0 Å². The molecule has 10 heteroatoms. The van der Waals surface area contributed by atoms with E-state index in [1.165, 1.54) is 18.2 Å². The highest BCUT2D eigenvalue weighted by Gasteiger charge is 2.92. The van der Waals surface area contributed by atoms with E-state index >= 15 is 0 Å². The Morgan fingerprint density at radius 2 is 1.19 bits per heavy atom. The number of nitrogens with zero attached hydrogens (tertiary/aromatic N) is 3. The van der Waals surface area contributed by atoms with Crippen LogP contribution in [0.25, 0.3) is 0 Å². The fourth-order valence-corrected chi connectivity index (χ4v) is 2.85. The van der Waals surface area contributed by atoms with Gasteiger partial charge in [0.15, 0.2) is 5.19 Å². The summed E-state index contributed by atoms with van der Waals surface area (Å²) in [6.45, 7) is 0. The van der Waals surface area contributed by atoms with Crippen LogP contribution in [0.15, 0.2) is 30.3 Å². The van der Waals surface area contributed by atoms with E-state index in [-0.39, 0.29) is 0 Å². The van der Waals surface area contributed by atoms with Crippen LogP contribution in [0.4, 0.5) is 0 Å². The minimum atomic E-state index is -5.24. The number of hydrogen-bond donors (Lipinski definition) is 0. The fourth-order valence-electron chi connectivity index (χ4n) is 1.18. The standard InChI is InChI=1S/C6H5N3O6Si/c10-7(11)16(8(12)13,9(14)15)6-4-2-1-3-5-6/h1-5H. The van der Waals surface area contributed by atoms with Gasteiger partial charge in [-0.2, -0.15) is 0 Å². The lowest BCUT2D eigenvalue weighted by Gasteiger charge is -2.01. The van der Waals surface area contributed by atoms with Gasteiger partial charge in [-0.15, -0.1) is 0 Å². The van der Waals surface area contributed by atoms with Gasteiger partial charge in [0, 0.05) is 0 Å². The smallest absolute Gasteiger partial charge is 0.278 e. The molecular formula is C6H5N3O6Si. The number of benzene rings is 1. The lowest BCUT2D eigenvalue weighted by atomic mass is 10.4. The van der Waals surface area contributed by atoms with Crippen LogP contribution in [-0.4, -0.2) is 22.3 Å². The summed E-state index contributed by atoms with van der Waals surface area (Å²) in [6.07, 6.45) is 0. The van der Waals surface area contributed by atoms with E-state index in [0.29, 0.717) is 0 Å². The summed E-state index contributed by atoms with van der Waals surface area (Å²) in [6, 6.07) is 6.09. The molecule has 0 saturated heterocycles. The lowest BCUT2D eigenvalue weighted by Crippen LogP contribution is -2.68. The highest BCUT2D eigenvalue weighted by molar-refractivity contribution is 6.70. The summed E-state index contributed by atoms with van der Waals surface area (Å²) < 4.78 is -4.16. The SMILES string of the molecule is O=[N+]([O-])[Si](c1ccccc1)([N+](=O)[O-])[N+](=O)[O-]. The zero-order valence-corrected chi connectivity index (χ0v) is 8.68. The van der Waals surface area contributed by atoms with Crippen molar-refractivity contribution in [3.63, 3.8) is 0 Å². The summed E-state index contributed by atoms with van der Waals surface area (Å²) in [5.74, 6) is 0. The molecule has 1 aromatic carbocycles. The molecule has 0 bridgehead atoms. The first-order valence-corrected chi connectivity index (χ1v) is 5.77. The number of nitro groups is 3. The summed E-state index contributed by atoms with van der Waals surface area (Å²) >= 11 is 0. The molecule has 0 unspecified atom stereocenters. The summed E-state index contributed by atoms with van der Waals surface area (Å²) in [7, 11) is -5.24. The molecule has 0 aromatic heterocycles. The zero-order valence-electron chi connectivity index (χ0n) is 7.68. The second kappa shape index (κ2) is 4.02. The Labute approximate surface area is 89.0 Å². The van der Waals surface area contributed by atoms with Crippen molar-refractivity contribution in [2.24, 2.45) is 0 Å². The third kappa shape index (κ3) is 1.50. The third-order valence-electron chi connectivity index (χ3n) is 1.92. The van der Waals surface area contributed by atoms with Crippen molar-refractivity contribution in [2.45, 2.75) is 0 Å². The summed E-state index contributed by atoms with van der Waals surface area (Å²) in [5.41, 5.74) is 0. The predicted octanol–water partition coefficient (Wildman–Crippen LogP) is -0.337. The Balaban J connectivity index is 3.52. The molecule has 0 saturated carbocycles. The average Bonchev–Trinajstić information content (AvgIpc) is 2.18. The van der Waals surface area contributed by atoms with Gasteiger partial charge in [0.2, 0.25) is 0 Å². The maximum atomic E-state index is 10.7. The Morgan fingerprint density at radius 1 is 0.812 bits per heavy atom. The van der Waals surface area contributed by atoms with E-state index in [4.69, 9.17) is 0 Å². The molecule has 0 spiro atoms. The molecular weight excluding hydrogens is 238 g/mol. The second-order valence-corrected chi connectivity index (χ2v) is 5.72. The normalized spacial score (nSPS) is 10.8. The first-order valence-electron chi connectivity index (χ1n) is 3.93. The van der Waals surface area contributed by atoms with Crippen LogP contribution in [0.3, 0.4) is 0 Å². The van der Waals surface area contributed by atoms with E-state index < -0.39 is 27.5 Å². The summed E-state index contributed by atoms with van der Waals surface area (Å²) in [5, 5.41) is 31.6. The molecule has 0 fully saturated rings. The molecule has 0 aliphatic heterocycles. The minimum Gasteiger partial charge on any atom is -0.278 e. The van der Waals surface area contributed by atoms with Crippen LogP contribution in [0.2, 0.25) is 0 Å². The van der Waals surface area contributed by atoms with Gasteiger partial charge in [0.25, 0.3) is 0 Å². The minimum absolute atomic E-state index is 0.463. The molecule has 16 heavy (non-hydrogen) atoms. The maximum absolute atomic E-state index is 10.7. The second-order valence-electron chi connectivity index (χ2n) is 2.77. The van der Waals surface area contributed by atoms with Crippen molar-refractivity contribution in [2.75, 3.05) is 0 Å². The third-order valence-corrected chi connectivity index (χ3v) is 4.56. The van der Waals surface area contributed by atoms with E-state index in [1.54, 1.807) is 0 Å². The van der Waals surface area contributed by atoms with Crippen LogP contribution < -0.4 is 5.19 Å². The van der Waals surface area contributed by atoms with E-state index in [0.717, 1.165) is 12.1 Å². The van der Waals surface area contributed by atoms with Crippen LogP contribution in [0, 0.1) is 30.3 Å². The fraction of sp³-hybridized carbons (Fsp3) is 0. The molecule has 0 amide bonds. The van der Waals surface area contributed by atoms with Gasteiger partial charge in [-0.1, -0.05) is 18.2 Å². The molecule has 0 radical (unpaired) electrons. The van der Waals surface area contributed by atoms with Gasteiger partial charge < -0.3 is 0 Å². The molecule has 9 nitrogen and oxygen atoms in total. The topological polar surface area (TPSA) is 129 Å². The molecule has 1 rings (SSSR count). The van der Waals surface area contributed by atoms with Gasteiger partial charge in [0.05, 0.1) is 13.8 Å². The zero-order chi connectivity index (χ0) is 12.3. The van der Waals surface area contributed by atoms with Crippen molar-refractivity contribution in [1.29, 1.82) is 0 Å². The van der Waals surface area contributed by atoms with Gasteiger partial charge in [-0.3, -0.25) is 30.3 Å². The van der Waals surface area contributed by atoms with Crippen molar-refractivity contribution >= 4 is 13.7 Å². The van der Waals surface area contributed by atoms with Gasteiger partial charge in [-0.05, 0) is 12.1 Å². The van der Waals surface area contributed by atoms with E-state index in [9.17, 15) is 30.3 Å². The molecule has 84 valence electrons. The molecule has 0 N–H and O–H groups in total. The molecule has 1 aromatic rings. The Hall–Kier alpha value is -2.36. The van der Waals surface area contributed by atoms with Gasteiger partial charge in [-0.25, -0.2) is 0 Å². The quantitative estimate of drug-likeness (QED) is 0.404. The van der Waals surface area contributed by atoms with Crippen LogP contribution in [0.1, 0.15) is 0 Å². The van der Waals surface area contributed by atoms with E-state index in [2.05, 4.69) is 0 Å². The summed E-state index contributed by atoms with van der Waals surface area (Å²) in [4.78, 5) is 32.1. The highest BCUT2D eigenvalue weighted by atomic mass is 28.4. The largest absolute Gasteiger partial charge is 1.20 e. The Morgan fingerprint density at radius 3 is 1.50 bits per heavy atom. The Kier molecular flexibility index (Phi) is 2.94. The molecule has 0 aliphatic rings. The first-order chi connectivity index (χ1) is 7.44. The Bertz CT molecular complexity index is 413. The van der Waals surface area contributed by atoms with Gasteiger partial charge >= 0.3 is 8.56 Å². The van der Waals surface area contributed by atoms with E-state index in [1.807, 2.05) is 0 Å².